The highest BCUT2D eigenvalue weighted by Gasteiger charge is 2.45. The number of halogens is 9. The molecule has 646 valence electrons. The van der Waals surface area contributed by atoms with Gasteiger partial charge in [0.05, 0.1) is 58.7 Å². The summed E-state index contributed by atoms with van der Waals surface area (Å²) in [7, 11) is 12.9. The second kappa shape index (κ2) is 35.7. The molecule has 6 aromatic heterocycles. The third kappa shape index (κ3) is 19.7. The van der Waals surface area contributed by atoms with E-state index < -0.39 is 55.9 Å². The molecule has 3 amide bonds. The van der Waals surface area contributed by atoms with Crippen molar-refractivity contribution in [2.75, 3.05) is 234 Å². The molecule has 0 aliphatic carbocycles. The fraction of sp³-hybridized carbons (Fsp3) is 0.462. The van der Waals surface area contributed by atoms with Gasteiger partial charge in [-0.05, 0) is 110 Å². The number of fused-ring (bicyclic) bond motifs is 6. The largest absolute Gasteiger partial charge is 0.495 e. The number of ether oxygens (including phenoxy) is 2. The van der Waals surface area contributed by atoms with Crippen molar-refractivity contribution in [1.29, 1.82) is 0 Å². The minimum atomic E-state index is -4.65. The van der Waals surface area contributed by atoms with Crippen LogP contribution in [0.2, 0.25) is 0 Å². The number of likely N-dealkylation sites (N-methyl/N-ethyl adjacent to an activating group) is 3. The zero-order chi connectivity index (χ0) is 86.3. The van der Waals surface area contributed by atoms with Gasteiger partial charge in [0, 0.05) is 154 Å². The summed E-state index contributed by atoms with van der Waals surface area (Å²) in [6.07, 6.45) is -8.01. The van der Waals surface area contributed by atoms with Crippen molar-refractivity contribution in [2.24, 2.45) is 0 Å². The molecule has 0 radical (unpaired) electrons. The van der Waals surface area contributed by atoms with Gasteiger partial charge < -0.3 is 74.6 Å². The molecule has 121 heavy (non-hydrogen) atoms. The Kier molecular flexibility index (Phi) is 25.5. The number of aliphatic hydroxyl groups is 1. The number of methoxy groups -OCH3 is 1. The first-order chi connectivity index (χ1) is 57.5. The molecule has 4 N–H and O–H groups in total. The predicted octanol–water partition coefficient (Wildman–Crippen LogP) is 12.2. The van der Waals surface area contributed by atoms with Crippen molar-refractivity contribution in [3.63, 3.8) is 0 Å². The van der Waals surface area contributed by atoms with E-state index in [4.69, 9.17) is 9.47 Å². The molecule has 4 saturated heterocycles. The van der Waals surface area contributed by atoms with E-state index in [1.54, 1.807) is 63.7 Å². The van der Waals surface area contributed by atoms with Gasteiger partial charge in [-0.1, -0.05) is 0 Å². The minimum absolute atomic E-state index is 0.0274. The first kappa shape index (κ1) is 86.5. The Morgan fingerprint density at radius 1 is 0.446 bits per heavy atom. The Morgan fingerprint density at radius 3 is 1.23 bits per heavy atom. The Hall–Kier alpha value is -10.8. The number of alkyl halides is 9. The molecule has 43 heteroatoms. The Balaban J connectivity index is 0.000000149. The van der Waals surface area contributed by atoms with Gasteiger partial charge in [-0.3, -0.25) is 34.0 Å². The van der Waals surface area contributed by atoms with Crippen LogP contribution in [0, 0.1) is 27.7 Å². The lowest BCUT2D eigenvalue weighted by Gasteiger charge is -2.42. The number of amides is 3. The number of aliphatic hydroxyl groups excluding tert-OH is 1. The number of piperidine rings is 1. The number of anilines is 18. The van der Waals surface area contributed by atoms with Crippen LogP contribution in [0.15, 0.2) is 73.2 Å². The summed E-state index contributed by atoms with van der Waals surface area (Å²) in [6.45, 7) is 16.3. The highest BCUT2D eigenvalue weighted by molar-refractivity contribution is 7.17. The highest BCUT2D eigenvalue weighted by Crippen LogP contribution is 2.48. The number of nitrogens with zero attached hydrogens (tertiary/aromatic N) is 22. The standard InChI is InChI=1S/C29H36F3N9O2S.C25H29F3N8O3S.C24H27F3N8OS/c1-18-34-24-26(42)41(17-29(30,31)32)22-16-33-28(36-25(22)38(3)27(24)44-18)35-19-5-6-21(23(15-19)43-4)40-9-7-20(8-10-40)39-13-11-37(2)12-14-39;1-15-30-20-22(38)36(14-25(26,27)28)18-13-29-24(32-21(18)34(3)23(20)40-15)31-17-5-4-16(12-19(17)39-11-10-37)35-8-6-33(2)7-9-35;1-14-11-16(34-9-7-32(3)8-10-34)5-6-17(14)30-23-28-12-18-20(31-23)33(4)22-19(29-15(2)37-22)21(36)35(18)13-24(25,26)27/h5-6,15-16,20H,7-14,17H2,1-4H3,(H,33,35,36);4-5,12-13,37H,6-11,14H2,1-3H3,(H,29,31,32);5-6,11-12H,7-10,13H2,1-4H3,(H,28,30,31). The number of aryl methyl sites for hydroxylation is 4. The van der Waals surface area contributed by atoms with Crippen LogP contribution in [0.4, 0.5) is 141 Å². The van der Waals surface area contributed by atoms with Gasteiger partial charge in [-0.25, -0.2) is 29.9 Å². The van der Waals surface area contributed by atoms with Crippen molar-refractivity contribution in [3.05, 3.63) is 111 Å². The average Bonchev–Trinajstić information content (AvgIpc) is 1.62. The van der Waals surface area contributed by atoms with Crippen LogP contribution in [0.25, 0.3) is 0 Å². The van der Waals surface area contributed by atoms with E-state index in [1.165, 1.54) is 52.6 Å². The molecule has 0 spiro atoms. The molecular formula is C78H92F9N25O6S3. The number of benzene rings is 3. The SMILES string of the molecule is COc1cc(Nc2ncc3c(n2)N(C)c2sc(C)nc2C(=O)N3CC(F)(F)F)ccc1N1CCC(N2CCN(C)CC2)CC1.Cc1nc2c(s1)N(C)c1nc(Nc3ccc(N4CCN(C)CC4)cc3C)ncc1N(CC(F)(F)F)C2=O.Cc1nc2c(s1)N(C)c1nc(Nc3ccc(N4CCN(C)CC4)cc3OCCO)ncc1N(CC(F)(F)F)C2=O. The van der Waals surface area contributed by atoms with Gasteiger partial charge in [0.15, 0.2) is 34.5 Å². The van der Waals surface area contributed by atoms with Crippen molar-refractivity contribution >= 4 is 153 Å². The first-order valence-corrected chi connectivity index (χ1v) is 41.4. The monoisotopic (exact) mass is 1740 g/mol. The van der Waals surface area contributed by atoms with Crippen LogP contribution >= 0.6 is 34.0 Å². The zero-order valence-electron chi connectivity index (χ0n) is 68.3. The van der Waals surface area contributed by atoms with Crippen LogP contribution in [-0.4, -0.2) is 286 Å². The molecule has 9 aromatic rings. The average molecular weight is 1740 g/mol. The molecule has 0 bridgehead atoms. The first-order valence-electron chi connectivity index (χ1n) is 39.0. The molecule has 0 unspecified atom stereocenters. The summed E-state index contributed by atoms with van der Waals surface area (Å²) in [5.74, 6) is -0.443. The Morgan fingerprint density at radius 2 is 0.835 bits per heavy atom. The fourth-order valence-corrected chi connectivity index (χ4v) is 17.8. The van der Waals surface area contributed by atoms with Crippen LogP contribution in [-0.2, 0) is 0 Å². The maximum atomic E-state index is 13.5. The number of aromatic nitrogens is 9. The molecule has 0 saturated carbocycles. The lowest BCUT2D eigenvalue weighted by Crippen LogP contribution is -2.52. The lowest BCUT2D eigenvalue weighted by atomic mass is 10.0. The number of rotatable bonds is 17. The second-order valence-electron chi connectivity index (χ2n) is 30.2. The highest BCUT2D eigenvalue weighted by atomic mass is 32.1. The summed E-state index contributed by atoms with van der Waals surface area (Å²) in [5, 5.41) is 21.7. The van der Waals surface area contributed by atoms with Gasteiger partial charge in [0.1, 0.15) is 69.8 Å². The smallest absolute Gasteiger partial charge is 0.406 e. The molecule has 3 aromatic carbocycles. The molecule has 4 fully saturated rings. The van der Waals surface area contributed by atoms with Crippen LogP contribution in [0.3, 0.4) is 0 Å². The second-order valence-corrected chi connectivity index (χ2v) is 33.8. The normalized spacial score (nSPS) is 17.2. The van der Waals surface area contributed by atoms with Crippen LogP contribution in [0.5, 0.6) is 11.5 Å². The Labute approximate surface area is 704 Å². The summed E-state index contributed by atoms with van der Waals surface area (Å²) in [4.78, 5) is 102. The maximum Gasteiger partial charge on any atom is 0.406 e. The molecular weight excluding hydrogens is 1650 g/mol. The van der Waals surface area contributed by atoms with Crippen LogP contribution < -0.4 is 69.5 Å². The lowest BCUT2D eigenvalue weighted by molar-refractivity contribution is -0.119. The maximum absolute atomic E-state index is 13.5. The number of carbonyl (C=O) groups excluding carboxylic acids is 3. The molecule has 7 aliphatic heterocycles. The van der Waals surface area contributed by atoms with Gasteiger partial charge >= 0.3 is 18.5 Å². The van der Waals surface area contributed by atoms with Crippen molar-refractivity contribution in [1.82, 2.24) is 64.5 Å². The molecule has 16 rings (SSSR count). The van der Waals surface area contributed by atoms with Crippen molar-refractivity contribution < 1.29 is 68.5 Å². The van der Waals surface area contributed by atoms with Gasteiger partial charge in [0.25, 0.3) is 17.7 Å². The number of piperazine rings is 3. The number of nitrogens with one attached hydrogen (secondary N) is 3. The van der Waals surface area contributed by atoms with Gasteiger partial charge in [0.2, 0.25) is 17.8 Å². The number of hydrogen-bond donors (Lipinski definition) is 4. The van der Waals surface area contributed by atoms with E-state index in [9.17, 15) is 59.0 Å². The molecule has 7 aliphatic rings. The zero-order valence-corrected chi connectivity index (χ0v) is 70.8. The fourth-order valence-electron chi connectivity index (χ4n) is 15.2. The quantitative estimate of drug-likeness (QED) is 0.0616. The third-order valence-corrected chi connectivity index (χ3v) is 24.7. The molecule has 0 atom stereocenters. The van der Waals surface area contributed by atoms with E-state index >= 15 is 0 Å². The topological polar surface area (TPSA) is 284 Å². The molecule has 13 heterocycles. The summed E-state index contributed by atoms with van der Waals surface area (Å²) < 4.78 is 133. The van der Waals surface area contributed by atoms with Crippen molar-refractivity contribution in [3.8, 4) is 11.5 Å². The van der Waals surface area contributed by atoms with E-state index in [1.807, 2.05) is 55.5 Å². The third-order valence-electron chi connectivity index (χ3n) is 21.5. The van der Waals surface area contributed by atoms with E-state index in [0.717, 1.165) is 133 Å². The predicted molar refractivity (Wildman–Crippen MR) is 451 cm³/mol. The number of hydrogen-bond acceptors (Lipinski definition) is 31. The van der Waals surface area contributed by atoms with Crippen molar-refractivity contribution in [2.45, 2.75) is 65.1 Å². The number of carbonyl (C=O) groups is 3. The summed E-state index contributed by atoms with van der Waals surface area (Å²) in [5.41, 5.74) is 5.74. The summed E-state index contributed by atoms with van der Waals surface area (Å²) in [6, 6.07) is 18.1. The summed E-state index contributed by atoms with van der Waals surface area (Å²) >= 11 is 3.63. The minimum Gasteiger partial charge on any atom is -0.495 e. The van der Waals surface area contributed by atoms with E-state index in [2.05, 4.69) is 122 Å². The van der Waals surface area contributed by atoms with E-state index in [-0.39, 0.29) is 82.7 Å². The van der Waals surface area contributed by atoms with Gasteiger partial charge in [-0.2, -0.15) is 54.5 Å². The Bertz CT molecular complexity index is 5260. The molecule has 31 nitrogen and oxygen atoms in total. The van der Waals surface area contributed by atoms with Crippen LogP contribution in [0.1, 0.15) is 64.9 Å². The van der Waals surface area contributed by atoms with Gasteiger partial charge in [-0.15, -0.1) is 34.0 Å². The number of thiazole rings is 3. The van der Waals surface area contributed by atoms with E-state index in [0.29, 0.717) is 73.6 Å².